The lowest BCUT2D eigenvalue weighted by molar-refractivity contribution is -0.384. The molecule has 0 radical (unpaired) electrons. The standard InChI is InChI=1S/C40H48ClN5O5S/c1-40(2)31-22-30(38(35(40)23-31)28-8-12-32(41)13-9-28)26-44-18-20-45(21-19-44)33-14-10-29(11-15-33)39(47)43-52(50,51)34-16-17-36(37(24-34)46(48)49)42-25-27-6-4-3-5-7-27/h8-17,24,27,31,35,42H,3-7,18-23,25-26H2,1-2H3,(H,43,47)/t31-,35+/m1/s1. The highest BCUT2D eigenvalue weighted by atomic mass is 35.5. The van der Waals surface area contributed by atoms with Gasteiger partial charge in [-0.2, -0.15) is 0 Å². The molecule has 0 unspecified atom stereocenters. The number of nitrogens with one attached hydrogen (secondary N) is 2. The van der Waals surface area contributed by atoms with E-state index in [1.165, 1.54) is 36.1 Å². The van der Waals surface area contributed by atoms with E-state index in [2.05, 4.69) is 45.8 Å². The first-order valence-electron chi connectivity index (χ1n) is 18.5. The first-order valence-corrected chi connectivity index (χ1v) is 20.4. The molecule has 0 spiro atoms. The predicted octanol–water partition coefficient (Wildman–Crippen LogP) is 8.00. The maximum atomic E-state index is 13.2. The fourth-order valence-electron chi connectivity index (χ4n) is 8.81. The molecular formula is C40H48ClN5O5S. The lowest BCUT2D eigenvalue weighted by atomic mass is 9.46. The summed E-state index contributed by atoms with van der Waals surface area (Å²) in [6, 6.07) is 19.0. The van der Waals surface area contributed by atoms with Crippen LogP contribution in [0.4, 0.5) is 17.1 Å². The van der Waals surface area contributed by atoms with E-state index in [1.807, 2.05) is 24.3 Å². The molecule has 2 saturated carbocycles. The van der Waals surface area contributed by atoms with Crippen LogP contribution < -0.4 is 14.9 Å². The zero-order chi connectivity index (χ0) is 36.6. The van der Waals surface area contributed by atoms with Gasteiger partial charge in [0.15, 0.2) is 0 Å². The number of nitrogens with zero attached hydrogens (tertiary/aromatic N) is 3. The molecule has 2 atom stereocenters. The third-order valence-electron chi connectivity index (χ3n) is 12.1. The van der Waals surface area contributed by atoms with Gasteiger partial charge < -0.3 is 10.2 Å². The number of benzene rings is 3. The van der Waals surface area contributed by atoms with Gasteiger partial charge in [-0.3, -0.25) is 19.8 Å². The number of anilines is 2. The Balaban J connectivity index is 0.956. The Hall–Kier alpha value is -3.93. The number of sulfonamides is 1. The van der Waals surface area contributed by atoms with E-state index in [9.17, 15) is 23.3 Å². The second kappa shape index (κ2) is 14.8. The lowest BCUT2D eigenvalue weighted by Gasteiger charge is -2.58. The maximum absolute atomic E-state index is 13.2. The lowest BCUT2D eigenvalue weighted by Crippen LogP contribution is -2.51. The zero-order valence-corrected chi connectivity index (χ0v) is 31.5. The van der Waals surface area contributed by atoms with Crippen molar-refractivity contribution >= 4 is 50.2 Å². The fourth-order valence-corrected chi connectivity index (χ4v) is 9.93. The largest absolute Gasteiger partial charge is 0.379 e. The van der Waals surface area contributed by atoms with Crippen LogP contribution in [0.25, 0.3) is 5.57 Å². The minimum atomic E-state index is -4.35. The van der Waals surface area contributed by atoms with Gasteiger partial charge in [0.25, 0.3) is 21.6 Å². The van der Waals surface area contributed by atoms with Crippen LogP contribution in [-0.4, -0.2) is 63.4 Å². The first kappa shape index (κ1) is 36.4. The van der Waals surface area contributed by atoms with E-state index in [0.29, 0.717) is 23.8 Å². The Morgan fingerprint density at radius 2 is 1.65 bits per heavy atom. The molecule has 4 aliphatic carbocycles. The molecule has 52 heavy (non-hydrogen) atoms. The summed E-state index contributed by atoms with van der Waals surface area (Å²) in [6.45, 7) is 9.89. The number of piperazine rings is 1. The van der Waals surface area contributed by atoms with Gasteiger partial charge in [-0.25, -0.2) is 13.1 Å². The van der Waals surface area contributed by atoms with Crippen LogP contribution in [0.5, 0.6) is 0 Å². The third kappa shape index (κ3) is 7.59. The van der Waals surface area contributed by atoms with Gasteiger partial charge in [0.2, 0.25) is 0 Å². The molecule has 3 aromatic carbocycles. The number of nitro groups is 1. The van der Waals surface area contributed by atoms with Gasteiger partial charge in [0.1, 0.15) is 5.69 Å². The molecule has 1 heterocycles. The van der Waals surface area contributed by atoms with Crippen LogP contribution in [0.1, 0.15) is 74.7 Å². The van der Waals surface area contributed by atoms with Crippen molar-refractivity contribution < 1.29 is 18.1 Å². The van der Waals surface area contributed by atoms with E-state index in [4.69, 9.17) is 11.6 Å². The highest BCUT2D eigenvalue weighted by Gasteiger charge is 2.53. The van der Waals surface area contributed by atoms with Gasteiger partial charge in [-0.1, -0.05) is 62.4 Å². The van der Waals surface area contributed by atoms with Crippen molar-refractivity contribution in [1.82, 2.24) is 9.62 Å². The number of rotatable bonds is 11. The van der Waals surface area contributed by atoms with E-state index in [0.717, 1.165) is 87.5 Å². The smallest absolute Gasteiger partial charge is 0.293 e. The zero-order valence-electron chi connectivity index (χ0n) is 29.9. The number of hydrogen-bond donors (Lipinski definition) is 2. The Morgan fingerprint density at radius 3 is 2.31 bits per heavy atom. The Morgan fingerprint density at radius 1 is 0.962 bits per heavy atom. The number of halogens is 1. The van der Waals surface area contributed by atoms with Crippen molar-refractivity contribution in [2.24, 2.45) is 23.2 Å². The minimum absolute atomic E-state index is 0.187. The molecule has 0 aromatic heterocycles. The van der Waals surface area contributed by atoms with Crippen molar-refractivity contribution in [3.63, 3.8) is 0 Å². The van der Waals surface area contributed by atoms with E-state index in [-0.39, 0.29) is 21.8 Å². The summed E-state index contributed by atoms with van der Waals surface area (Å²) < 4.78 is 28.4. The number of carbonyl (C=O) groups is 1. The highest BCUT2D eigenvalue weighted by Crippen LogP contribution is 2.63. The van der Waals surface area contributed by atoms with Crippen LogP contribution >= 0.6 is 11.6 Å². The van der Waals surface area contributed by atoms with Gasteiger partial charge in [-0.15, -0.1) is 0 Å². The summed E-state index contributed by atoms with van der Waals surface area (Å²) in [4.78, 5) is 28.8. The molecule has 12 heteroatoms. The summed E-state index contributed by atoms with van der Waals surface area (Å²) in [6.07, 6.45) is 8.05. The Bertz CT molecular complexity index is 1950. The van der Waals surface area contributed by atoms with Crippen LogP contribution in [0, 0.1) is 33.3 Å². The van der Waals surface area contributed by atoms with Crippen LogP contribution in [0.15, 0.2) is 77.2 Å². The van der Waals surface area contributed by atoms with Crippen molar-refractivity contribution in [3.05, 3.63) is 98.6 Å². The normalized spacial score (nSPS) is 22.1. The molecule has 3 fully saturated rings. The van der Waals surface area contributed by atoms with Crippen molar-refractivity contribution in [1.29, 1.82) is 0 Å². The van der Waals surface area contributed by atoms with Gasteiger partial charge >= 0.3 is 0 Å². The molecule has 5 aliphatic rings. The second-order valence-corrected chi connectivity index (χ2v) is 17.7. The monoisotopic (exact) mass is 745 g/mol. The number of carbonyl (C=O) groups excluding carboxylic acids is 1. The quantitative estimate of drug-likeness (QED) is 0.150. The van der Waals surface area contributed by atoms with E-state index >= 15 is 0 Å². The molecule has 3 aromatic rings. The molecule has 10 nitrogen and oxygen atoms in total. The summed E-state index contributed by atoms with van der Waals surface area (Å²) >= 11 is 6.23. The van der Waals surface area contributed by atoms with Gasteiger partial charge in [0.05, 0.1) is 9.82 Å². The molecule has 8 rings (SSSR count). The summed E-state index contributed by atoms with van der Waals surface area (Å²) in [7, 11) is -4.35. The highest BCUT2D eigenvalue weighted by molar-refractivity contribution is 7.90. The van der Waals surface area contributed by atoms with Crippen molar-refractivity contribution in [2.75, 3.05) is 49.5 Å². The summed E-state index contributed by atoms with van der Waals surface area (Å²) in [5.74, 6) is 0.945. The molecule has 1 amide bonds. The molecule has 2 N–H and O–H groups in total. The van der Waals surface area contributed by atoms with Crippen LogP contribution in [0.3, 0.4) is 0 Å². The molecule has 1 aliphatic heterocycles. The summed E-state index contributed by atoms with van der Waals surface area (Å²) in [5, 5.41) is 15.7. The number of allylic oxidation sites excluding steroid dienone is 1. The Labute approximate surface area is 311 Å². The van der Waals surface area contributed by atoms with Gasteiger partial charge in [0, 0.05) is 61.6 Å². The van der Waals surface area contributed by atoms with Crippen LogP contribution in [0.2, 0.25) is 5.02 Å². The van der Waals surface area contributed by atoms with Gasteiger partial charge in [-0.05, 0) is 109 Å². The van der Waals surface area contributed by atoms with E-state index < -0.39 is 20.9 Å². The first-order chi connectivity index (χ1) is 24.9. The number of hydrogen-bond acceptors (Lipinski definition) is 8. The SMILES string of the molecule is CC1(C)[C@@H]2CC(CN3CCN(c4ccc(C(=O)NS(=O)(=O)c5ccc(NCC6CCCCC6)c([N+](=O)[O-])c5)cc4)CC3)=C(c3ccc(Cl)cc3)[C@@H]1C2. The average molecular weight is 746 g/mol. The minimum Gasteiger partial charge on any atom is -0.379 e. The number of nitro benzene ring substituents is 1. The maximum Gasteiger partial charge on any atom is 0.293 e. The summed E-state index contributed by atoms with van der Waals surface area (Å²) in [5.41, 5.74) is 5.77. The van der Waals surface area contributed by atoms with Crippen LogP contribution in [-0.2, 0) is 10.0 Å². The second-order valence-electron chi connectivity index (χ2n) is 15.6. The topological polar surface area (TPSA) is 125 Å². The molecule has 276 valence electrons. The molecule has 1 saturated heterocycles. The molecular weight excluding hydrogens is 698 g/mol. The molecule has 2 bridgehead atoms. The van der Waals surface area contributed by atoms with Crippen molar-refractivity contribution in [2.45, 2.75) is 63.7 Å². The van der Waals surface area contributed by atoms with E-state index in [1.54, 1.807) is 17.7 Å². The fraction of sp³-hybridized carbons (Fsp3) is 0.475. The predicted molar refractivity (Wildman–Crippen MR) is 206 cm³/mol. The average Bonchev–Trinajstić information content (AvgIpc) is 3.14. The third-order valence-corrected chi connectivity index (χ3v) is 13.7. The number of fused-ring (bicyclic) bond motifs is 1. The number of amides is 1. The Kier molecular flexibility index (Phi) is 10.4. The van der Waals surface area contributed by atoms with Crippen molar-refractivity contribution in [3.8, 4) is 0 Å².